The van der Waals surface area contributed by atoms with Crippen LogP contribution in [0.5, 0.6) is 0 Å². The molecule has 1 unspecified atom stereocenters. The predicted octanol–water partition coefficient (Wildman–Crippen LogP) is -0.176. The lowest BCUT2D eigenvalue weighted by atomic mass is 10.1. The van der Waals surface area contributed by atoms with Crippen molar-refractivity contribution in [2.75, 3.05) is 20.6 Å². The molecule has 0 radical (unpaired) electrons. The Balaban J connectivity index is 4.12. The van der Waals surface area contributed by atoms with Gasteiger partial charge in [-0.05, 0) is 27.8 Å². The summed E-state index contributed by atoms with van der Waals surface area (Å²) in [6.45, 7) is 5.50. The fourth-order valence-electron chi connectivity index (χ4n) is 1.11. The van der Waals surface area contributed by atoms with Gasteiger partial charge in [-0.3, -0.25) is 4.79 Å². The van der Waals surface area contributed by atoms with Gasteiger partial charge in [0.15, 0.2) is 0 Å². The number of hydrogen-bond donors (Lipinski definition) is 2. The first-order valence-corrected chi connectivity index (χ1v) is 4.42. The summed E-state index contributed by atoms with van der Waals surface area (Å²) in [6, 6.07) is -0.202. The van der Waals surface area contributed by atoms with Gasteiger partial charge in [0.25, 0.3) is 0 Å². The highest BCUT2D eigenvalue weighted by Gasteiger charge is 2.21. The number of amides is 1. The summed E-state index contributed by atoms with van der Waals surface area (Å²) >= 11 is 0. The lowest BCUT2D eigenvalue weighted by molar-refractivity contribution is -0.134. The summed E-state index contributed by atoms with van der Waals surface area (Å²) < 4.78 is 0. The molecule has 13 heavy (non-hydrogen) atoms. The van der Waals surface area contributed by atoms with E-state index in [0.717, 1.165) is 0 Å². The molecule has 0 saturated heterocycles. The minimum absolute atomic E-state index is 0.00961. The standard InChI is InChI=1S/C9H20N2O2/c1-7(10-4)8(12)11(5)6-9(2,3)13/h7,10,13H,6H2,1-5H3. The van der Waals surface area contributed by atoms with Crippen molar-refractivity contribution >= 4 is 5.91 Å². The number of carbonyl (C=O) groups excluding carboxylic acids is 1. The van der Waals surface area contributed by atoms with E-state index in [2.05, 4.69) is 5.32 Å². The quantitative estimate of drug-likeness (QED) is 0.643. The van der Waals surface area contributed by atoms with E-state index in [1.165, 1.54) is 4.90 Å². The van der Waals surface area contributed by atoms with E-state index in [0.29, 0.717) is 6.54 Å². The smallest absolute Gasteiger partial charge is 0.239 e. The van der Waals surface area contributed by atoms with Gasteiger partial charge in [0.05, 0.1) is 11.6 Å². The molecule has 0 aliphatic carbocycles. The van der Waals surface area contributed by atoms with Gasteiger partial charge in [-0.1, -0.05) is 0 Å². The molecule has 1 atom stereocenters. The highest BCUT2D eigenvalue weighted by molar-refractivity contribution is 5.81. The predicted molar refractivity (Wildman–Crippen MR) is 52.5 cm³/mol. The van der Waals surface area contributed by atoms with Gasteiger partial charge < -0.3 is 15.3 Å². The zero-order chi connectivity index (χ0) is 10.6. The van der Waals surface area contributed by atoms with E-state index in [1.807, 2.05) is 0 Å². The van der Waals surface area contributed by atoms with Gasteiger partial charge in [-0.25, -0.2) is 0 Å². The molecule has 4 nitrogen and oxygen atoms in total. The molecule has 78 valence electrons. The molecule has 0 aromatic heterocycles. The third kappa shape index (κ3) is 4.85. The van der Waals surface area contributed by atoms with Crippen LogP contribution in [0.2, 0.25) is 0 Å². The second kappa shape index (κ2) is 4.58. The Morgan fingerprint density at radius 2 is 2.08 bits per heavy atom. The summed E-state index contributed by atoms with van der Waals surface area (Å²) in [5, 5.41) is 12.3. The molecule has 0 aliphatic heterocycles. The highest BCUT2D eigenvalue weighted by Crippen LogP contribution is 2.04. The maximum atomic E-state index is 11.5. The zero-order valence-corrected chi connectivity index (χ0v) is 9.09. The van der Waals surface area contributed by atoms with Crippen molar-refractivity contribution in [1.82, 2.24) is 10.2 Å². The second-order valence-corrected chi connectivity index (χ2v) is 4.02. The summed E-state index contributed by atoms with van der Waals surface area (Å²) in [5.41, 5.74) is -0.835. The van der Waals surface area contributed by atoms with Crippen LogP contribution in [0, 0.1) is 0 Å². The molecule has 0 saturated carbocycles. The SMILES string of the molecule is CNC(C)C(=O)N(C)CC(C)(C)O. The molecule has 0 aromatic rings. The number of rotatable bonds is 4. The first kappa shape index (κ1) is 12.4. The van der Waals surface area contributed by atoms with Crippen LogP contribution in [0.1, 0.15) is 20.8 Å². The lowest BCUT2D eigenvalue weighted by Gasteiger charge is -2.27. The molecule has 0 rings (SSSR count). The van der Waals surface area contributed by atoms with Crippen LogP contribution >= 0.6 is 0 Å². The van der Waals surface area contributed by atoms with Crippen molar-refractivity contribution in [1.29, 1.82) is 0 Å². The Labute approximate surface area is 79.9 Å². The molecule has 0 aliphatic rings. The summed E-state index contributed by atoms with van der Waals surface area (Å²) in [4.78, 5) is 13.0. The molecule has 0 spiro atoms. The number of nitrogens with zero attached hydrogens (tertiary/aromatic N) is 1. The monoisotopic (exact) mass is 188 g/mol. The Morgan fingerprint density at radius 3 is 2.38 bits per heavy atom. The Hall–Kier alpha value is -0.610. The van der Waals surface area contributed by atoms with E-state index >= 15 is 0 Å². The summed E-state index contributed by atoms with van der Waals surface area (Å²) in [7, 11) is 3.43. The minimum Gasteiger partial charge on any atom is -0.389 e. The van der Waals surface area contributed by atoms with Gasteiger partial charge in [0.1, 0.15) is 0 Å². The van der Waals surface area contributed by atoms with Crippen molar-refractivity contribution in [3.63, 3.8) is 0 Å². The van der Waals surface area contributed by atoms with Crippen LogP contribution in [0.4, 0.5) is 0 Å². The van der Waals surface area contributed by atoms with Gasteiger partial charge in [-0.2, -0.15) is 0 Å². The number of carbonyl (C=O) groups is 1. The van der Waals surface area contributed by atoms with Gasteiger partial charge >= 0.3 is 0 Å². The molecule has 0 heterocycles. The number of hydrogen-bond acceptors (Lipinski definition) is 3. The summed E-state index contributed by atoms with van der Waals surface area (Å²) in [5.74, 6) is -0.00961. The topological polar surface area (TPSA) is 52.6 Å². The van der Waals surface area contributed by atoms with Gasteiger partial charge in [-0.15, -0.1) is 0 Å². The van der Waals surface area contributed by atoms with E-state index in [4.69, 9.17) is 0 Å². The van der Waals surface area contributed by atoms with Crippen molar-refractivity contribution in [2.45, 2.75) is 32.4 Å². The summed E-state index contributed by atoms with van der Waals surface area (Å²) in [6.07, 6.45) is 0. The zero-order valence-electron chi connectivity index (χ0n) is 9.09. The Bertz CT molecular complexity index is 175. The third-order valence-corrected chi connectivity index (χ3v) is 1.80. The maximum Gasteiger partial charge on any atom is 0.239 e. The van der Waals surface area contributed by atoms with Crippen LogP contribution in [0.3, 0.4) is 0 Å². The maximum absolute atomic E-state index is 11.5. The molecule has 0 bridgehead atoms. The highest BCUT2D eigenvalue weighted by atomic mass is 16.3. The van der Waals surface area contributed by atoms with Crippen molar-refractivity contribution < 1.29 is 9.90 Å². The first-order chi connectivity index (χ1) is 5.78. The second-order valence-electron chi connectivity index (χ2n) is 4.02. The fraction of sp³-hybridized carbons (Fsp3) is 0.889. The Morgan fingerprint density at radius 1 is 1.62 bits per heavy atom. The molecular weight excluding hydrogens is 168 g/mol. The van der Waals surface area contributed by atoms with Crippen LogP contribution < -0.4 is 5.32 Å². The largest absolute Gasteiger partial charge is 0.389 e. The molecule has 0 fully saturated rings. The number of likely N-dealkylation sites (N-methyl/N-ethyl adjacent to an activating group) is 2. The fourth-order valence-corrected chi connectivity index (χ4v) is 1.11. The van der Waals surface area contributed by atoms with Gasteiger partial charge in [0.2, 0.25) is 5.91 Å². The van der Waals surface area contributed by atoms with Gasteiger partial charge in [0, 0.05) is 13.6 Å². The van der Waals surface area contributed by atoms with E-state index in [9.17, 15) is 9.90 Å². The average molecular weight is 188 g/mol. The molecule has 1 amide bonds. The third-order valence-electron chi connectivity index (χ3n) is 1.80. The van der Waals surface area contributed by atoms with Crippen molar-refractivity contribution in [3.05, 3.63) is 0 Å². The normalized spacial score (nSPS) is 14.0. The van der Waals surface area contributed by atoms with Crippen LogP contribution in [0.25, 0.3) is 0 Å². The van der Waals surface area contributed by atoms with Crippen LogP contribution in [0.15, 0.2) is 0 Å². The van der Waals surface area contributed by atoms with E-state index < -0.39 is 5.60 Å². The number of aliphatic hydroxyl groups is 1. The first-order valence-electron chi connectivity index (χ1n) is 4.42. The van der Waals surface area contributed by atoms with Crippen molar-refractivity contribution in [3.8, 4) is 0 Å². The van der Waals surface area contributed by atoms with Crippen LogP contribution in [-0.2, 0) is 4.79 Å². The molecule has 2 N–H and O–H groups in total. The minimum atomic E-state index is -0.835. The number of nitrogens with one attached hydrogen (secondary N) is 1. The van der Waals surface area contributed by atoms with Crippen molar-refractivity contribution in [2.24, 2.45) is 0 Å². The van der Waals surface area contributed by atoms with E-state index in [1.54, 1.807) is 34.9 Å². The average Bonchev–Trinajstić information content (AvgIpc) is 1.98. The molecular formula is C9H20N2O2. The van der Waals surface area contributed by atoms with Crippen LogP contribution in [-0.4, -0.2) is 48.2 Å². The van der Waals surface area contributed by atoms with E-state index in [-0.39, 0.29) is 11.9 Å². The lowest BCUT2D eigenvalue weighted by Crippen LogP contribution is -2.46. The molecule has 0 aromatic carbocycles. The Kier molecular flexibility index (Phi) is 4.36. The molecule has 4 heteroatoms.